The first-order chi connectivity index (χ1) is 7.56. The van der Waals surface area contributed by atoms with Crippen molar-refractivity contribution in [2.24, 2.45) is 0 Å². The first-order valence-electron chi connectivity index (χ1n) is 6.01. The van der Waals surface area contributed by atoms with Gasteiger partial charge in [-0.25, -0.2) is 0 Å². The van der Waals surface area contributed by atoms with Crippen LogP contribution in [-0.4, -0.2) is 31.6 Å². The summed E-state index contributed by atoms with van der Waals surface area (Å²) >= 11 is 0. The van der Waals surface area contributed by atoms with Crippen LogP contribution in [0.2, 0.25) is 0 Å². The summed E-state index contributed by atoms with van der Waals surface area (Å²) in [5, 5.41) is 3.33. The summed E-state index contributed by atoms with van der Waals surface area (Å²) < 4.78 is 5.63. The van der Waals surface area contributed by atoms with Crippen LogP contribution in [0.25, 0.3) is 0 Å². The molecule has 0 bridgehead atoms. The fourth-order valence-corrected chi connectivity index (χ4v) is 1.87. The van der Waals surface area contributed by atoms with Crippen molar-refractivity contribution in [3.05, 3.63) is 22.6 Å². The Morgan fingerprint density at radius 2 is 1.88 bits per heavy atom. The fourth-order valence-electron chi connectivity index (χ4n) is 1.87. The Bertz CT molecular complexity index is 331. The maximum atomic E-state index is 5.63. The van der Waals surface area contributed by atoms with Gasteiger partial charge in [0.15, 0.2) is 0 Å². The molecular weight excluding hydrogens is 200 g/mol. The molecule has 16 heavy (non-hydrogen) atoms. The third-order valence-electron chi connectivity index (χ3n) is 3.06. The molecule has 0 amide bonds. The van der Waals surface area contributed by atoms with Crippen molar-refractivity contribution in [3.8, 4) is 0 Å². The molecule has 0 saturated carbocycles. The van der Waals surface area contributed by atoms with Crippen molar-refractivity contribution >= 4 is 0 Å². The second kappa shape index (κ2) is 6.06. The number of rotatable bonds is 6. The predicted octanol–water partition coefficient (Wildman–Crippen LogP) is 2.25. The lowest BCUT2D eigenvalue weighted by molar-refractivity contribution is 0.322. The van der Waals surface area contributed by atoms with E-state index < -0.39 is 0 Å². The van der Waals surface area contributed by atoms with Crippen molar-refractivity contribution < 1.29 is 4.42 Å². The van der Waals surface area contributed by atoms with E-state index in [1.54, 1.807) is 0 Å². The molecule has 0 aliphatic rings. The highest BCUT2D eigenvalue weighted by Crippen LogP contribution is 2.21. The van der Waals surface area contributed by atoms with E-state index in [1.807, 2.05) is 13.8 Å². The van der Waals surface area contributed by atoms with Gasteiger partial charge >= 0.3 is 0 Å². The molecule has 1 heterocycles. The van der Waals surface area contributed by atoms with Crippen molar-refractivity contribution in [1.82, 2.24) is 10.2 Å². The van der Waals surface area contributed by atoms with E-state index >= 15 is 0 Å². The predicted molar refractivity (Wildman–Crippen MR) is 67.8 cm³/mol. The van der Waals surface area contributed by atoms with Crippen LogP contribution >= 0.6 is 0 Å². The monoisotopic (exact) mass is 224 g/mol. The van der Waals surface area contributed by atoms with Gasteiger partial charge in [0.1, 0.15) is 11.5 Å². The molecule has 1 aromatic heterocycles. The number of furan rings is 1. The maximum Gasteiger partial charge on any atom is 0.105 e. The molecule has 0 aromatic carbocycles. The van der Waals surface area contributed by atoms with E-state index in [2.05, 4.69) is 31.1 Å². The summed E-state index contributed by atoms with van der Waals surface area (Å²) in [5.41, 5.74) is 2.64. The lowest BCUT2D eigenvalue weighted by Crippen LogP contribution is -2.29. The van der Waals surface area contributed by atoms with Gasteiger partial charge in [-0.3, -0.25) is 0 Å². The average Bonchev–Trinajstić information content (AvgIpc) is 2.46. The van der Waals surface area contributed by atoms with Crippen molar-refractivity contribution in [3.63, 3.8) is 0 Å². The van der Waals surface area contributed by atoms with Gasteiger partial charge in [-0.05, 0) is 39.9 Å². The van der Waals surface area contributed by atoms with Crippen molar-refractivity contribution in [1.29, 1.82) is 0 Å². The highest BCUT2D eigenvalue weighted by atomic mass is 16.3. The minimum Gasteiger partial charge on any atom is -0.466 e. The van der Waals surface area contributed by atoms with Crippen LogP contribution in [0.15, 0.2) is 4.42 Å². The fraction of sp³-hybridized carbons (Fsp3) is 0.692. The van der Waals surface area contributed by atoms with Crippen LogP contribution in [0.3, 0.4) is 0 Å². The summed E-state index contributed by atoms with van der Waals surface area (Å²) in [5.74, 6) is 2.11. The Hall–Kier alpha value is -0.800. The Morgan fingerprint density at radius 1 is 1.19 bits per heavy atom. The van der Waals surface area contributed by atoms with Gasteiger partial charge in [0.2, 0.25) is 0 Å². The van der Waals surface area contributed by atoms with Crippen LogP contribution in [-0.2, 0) is 6.54 Å². The van der Waals surface area contributed by atoms with Crippen LogP contribution in [0.4, 0.5) is 0 Å². The summed E-state index contributed by atoms with van der Waals surface area (Å²) in [7, 11) is 2.15. The smallest absolute Gasteiger partial charge is 0.105 e. The molecule has 0 aliphatic carbocycles. The van der Waals surface area contributed by atoms with E-state index in [4.69, 9.17) is 4.42 Å². The number of nitrogens with zero attached hydrogens (tertiary/aromatic N) is 1. The molecule has 0 fully saturated rings. The zero-order valence-electron chi connectivity index (χ0n) is 11.2. The lowest BCUT2D eigenvalue weighted by atomic mass is 10.1. The average molecular weight is 224 g/mol. The molecule has 0 unspecified atom stereocenters. The molecule has 3 heteroatoms. The maximum absolute atomic E-state index is 5.63. The standard InChI is InChI=1S/C13H24N2O/c1-6-14-7-8-15(5)9-13-10(2)11(3)16-12(13)4/h14H,6-9H2,1-5H3. The molecule has 92 valence electrons. The summed E-state index contributed by atoms with van der Waals surface area (Å²) in [6.07, 6.45) is 0. The number of likely N-dealkylation sites (N-methyl/N-ethyl adjacent to an activating group) is 2. The largest absolute Gasteiger partial charge is 0.466 e. The van der Waals surface area contributed by atoms with Crippen LogP contribution in [0.5, 0.6) is 0 Å². The second-order valence-electron chi connectivity index (χ2n) is 4.41. The number of nitrogens with one attached hydrogen (secondary N) is 1. The van der Waals surface area contributed by atoms with E-state index in [-0.39, 0.29) is 0 Å². The van der Waals surface area contributed by atoms with Gasteiger partial charge in [-0.15, -0.1) is 0 Å². The van der Waals surface area contributed by atoms with Crippen LogP contribution < -0.4 is 5.32 Å². The van der Waals surface area contributed by atoms with Crippen LogP contribution in [0.1, 0.15) is 29.6 Å². The SMILES string of the molecule is CCNCCN(C)Cc1c(C)oc(C)c1C. The highest BCUT2D eigenvalue weighted by Gasteiger charge is 2.12. The molecule has 1 rings (SSSR count). The van der Waals surface area contributed by atoms with Gasteiger partial charge in [-0.1, -0.05) is 6.92 Å². The van der Waals surface area contributed by atoms with E-state index in [1.165, 1.54) is 11.1 Å². The van der Waals surface area contributed by atoms with Crippen molar-refractivity contribution in [2.45, 2.75) is 34.2 Å². The second-order valence-corrected chi connectivity index (χ2v) is 4.41. The molecule has 0 radical (unpaired) electrons. The van der Waals surface area contributed by atoms with Gasteiger partial charge in [-0.2, -0.15) is 0 Å². The Balaban J connectivity index is 2.52. The number of hydrogen-bond donors (Lipinski definition) is 1. The normalized spacial score (nSPS) is 11.4. The van der Waals surface area contributed by atoms with E-state index in [0.717, 1.165) is 37.7 Å². The summed E-state index contributed by atoms with van der Waals surface area (Å²) in [6.45, 7) is 12.5. The highest BCUT2D eigenvalue weighted by molar-refractivity contribution is 5.31. The van der Waals surface area contributed by atoms with Crippen LogP contribution in [0, 0.1) is 20.8 Å². The molecule has 0 spiro atoms. The third-order valence-corrected chi connectivity index (χ3v) is 3.06. The third kappa shape index (κ3) is 3.35. The van der Waals surface area contributed by atoms with Gasteiger partial charge in [0, 0.05) is 25.2 Å². The molecular formula is C13H24N2O. The van der Waals surface area contributed by atoms with Gasteiger partial charge < -0.3 is 14.6 Å². The minimum atomic E-state index is 0.973. The quantitative estimate of drug-likeness (QED) is 0.751. The first-order valence-corrected chi connectivity index (χ1v) is 6.01. The van der Waals surface area contributed by atoms with Crippen molar-refractivity contribution in [2.75, 3.05) is 26.7 Å². The molecule has 0 atom stereocenters. The molecule has 1 N–H and O–H groups in total. The molecule has 3 nitrogen and oxygen atoms in total. The summed E-state index contributed by atoms with van der Waals surface area (Å²) in [6, 6.07) is 0. The zero-order chi connectivity index (χ0) is 12.1. The molecule has 0 aliphatic heterocycles. The Kier molecular flexibility index (Phi) is 5.03. The van der Waals surface area contributed by atoms with E-state index in [9.17, 15) is 0 Å². The topological polar surface area (TPSA) is 28.4 Å². The van der Waals surface area contributed by atoms with Gasteiger partial charge in [0.25, 0.3) is 0 Å². The number of hydrogen-bond acceptors (Lipinski definition) is 3. The first kappa shape index (κ1) is 13.3. The Labute approximate surface area is 98.8 Å². The molecule has 0 saturated heterocycles. The number of aryl methyl sites for hydroxylation is 2. The summed E-state index contributed by atoms with van der Waals surface area (Å²) in [4.78, 5) is 2.33. The molecule has 1 aromatic rings. The lowest BCUT2D eigenvalue weighted by Gasteiger charge is -2.16. The zero-order valence-corrected chi connectivity index (χ0v) is 11.2. The van der Waals surface area contributed by atoms with E-state index in [0.29, 0.717) is 0 Å². The Morgan fingerprint density at radius 3 is 2.38 bits per heavy atom. The minimum absolute atomic E-state index is 0.973. The van der Waals surface area contributed by atoms with Gasteiger partial charge in [0.05, 0.1) is 0 Å².